The maximum Gasteiger partial charge on any atom is 0.354 e. The van der Waals surface area contributed by atoms with Gasteiger partial charge in [-0.3, -0.25) is 0 Å². The second kappa shape index (κ2) is 20.8. The van der Waals surface area contributed by atoms with Crippen LogP contribution in [-0.2, 0) is 9.47 Å². The van der Waals surface area contributed by atoms with E-state index < -0.39 is 5.97 Å². The van der Waals surface area contributed by atoms with E-state index in [0.29, 0.717) is 68.7 Å². The first kappa shape index (κ1) is 44.8. The van der Waals surface area contributed by atoms with Crippen LogP contribution in [0, 0.1) is 32.3 Å². The van der Waals surface area contributed by atoms with Crippen LogP contribution in [0.5, 0.6) is 0 Å². The van der Waals surface area contributed by atoms with Crippen LogP contribution >= 0.6 is 0 Å². The number of likely N-dealkylation sites (tertiary alicyclic amines) is 2. The number of ether oxygens (including phenoxy) is 2. The maximum absolute atomic E-state index is 12.7. The molecule has 4 aliphatic rings. The number of nitrogens with one attached hydrogen (secondary N) is 2. The van der Waals surface area contributed by atoms with Crippen molar-refractivity contribution in [2.75, 3.05) is 99.2 Å². The molecule has 0 spiro atoms. The third-order valence-electron chi connectivity index (χ3n) is 12.5. The van der Waals surface area contributed by atoms with Crippen LogP contribution in [0.1, 0.15) is 61.1 Å². The van der Waals surface area contributed by atoms with E-state index in [1.54, 1.807) is 6.07 Å². The number of benzene rings is 2. The van der Waals surface area contributed by atoms with E-state index in [-0.39, 0.29) is 17.8 Å². The number of carboxylic acid groups (broad SMARTS) is 1. The zero-order chi connectivity index (χ0) is 44.5. The molecule has 4 saturated heterocycles. The van der Waals surface area contributed by atoms with Gasteiger partial charge in [0.2, 0.25) is 5.82 Å². The molecule has 6 heterocycles. The van der Waals surface area contributed by atoms with E-state index in [4.69, 9.17) is 16.0 Å². The largest absolute Gasteiger partial charge is 0.477 e. The first-order valence-electron chi connectivity index (χ1n) is 22.2. The minimum Gasteiger partial charge on any atom is -0.477 e. The van der Waals surface area contributed by atoms with Gasteiger partial charge in [0.15, 0.2) is 5.69 Å². The molecule has 4 fully saturated rings. The Morgan fingerprint density at radius 1 is 0.683 bits per heavy atom. The average Bonchev–Trinajstić information content (AvgIpc) is 4.02. The zero-order valence-corrected chi connectivity index (χ0v) is 36.9. The van der Waals surface area contributed by atoms with Crippen LogP contribution in [-0.4, -0.2) is 122 Å². The maximum atomic E-state index is 12.7. The Bertz CT molecular complexity index is 2320. The van der Waals surface area contributed by atoms with Crippen molar-refractivity contribution in [3.8, 4) is 22.3 Å². The van der Waals surface area contributed by atoms with Gasteiger partial charge in [-0.15, -0.1) is 4.98 Å². The van der Waals surface area contributed by atoms with Gasteiger partial charge in [0.25, 0.3) is 5.82 Å². The minimum absolute atomic E-state index is 0.000467. The number of pyridine rings is 2. The molecule has 0 bridgehead atoms. The summed E-state index contributed by atoms with van der Waals surface area (Å²) in [7, 11) is 0. The van der Waals surface area contributed by atoms with E-state index in [2.05, 4.69) is 44.2 Å². The van der Waals surface area contributed by atoms with Gasteiger partial charge in [-0.05, 0) is 114 Å². The summed E-state index contributed by atoms with van der Waals surface area (Å²) >= 11 is 0. The van der Waals surface area contributed by atoms with Crippen molar-refractivity contribution in [1.82, 2.24) is 19.8 Å². The molecule has 63 heavy (non-hydrogen) atoms. The topological polar surface area (TPSA) is 157 Å². The molecular formula is C48H59N9O6. The van der Waals surface area contributed by atoms with E-state index >= 15 is 0 Å². The van der Waals surface area contributed by atoms with Gasteiger partial charge in [0.05, 0.1) is 26.4 Å². The molecule has 2 atom stereocenters. The van der Waals surface area contributed by atoms with Crippen LogP contribution in [0.2, 0.25) is 0 Å². The predicted octanol–water partition coefficient (Wildman–Crippen LogP) is 8.56. The molecule has 4 aromatic rings. The number of aromatic carboxylic acids is 1. The molecule has 0 saturated carbocycles. The Morgan fingerprint density at radius 3 is 1.57 bits per heavy atom. The number of anilines is 4. The van der Waals surface area contributed by atoms with Crippen LogP contribution in [0.25, 0.3) is 27.1 Å². The molecule has 332 valence electrons. The molecule has 2 aromatic carbocycles. The van der Waals surface area contributed by atoms with Crippen LogP contribution in [0.3, 0.4) is 0 Å². The monoisotopic (exact) mass is 857 g/mol. The van der Waals surface area contributed by atoms with Crippen molar-refractivity contribution in [3.05, 3.63) is 88.9 Å². The number of hydrogen-bond donors (Lipinski definition) is 3. The van der Waals surface area contributed by atoms with E-state index in [1.807, 2.05) is 83.1 Å². The highest BCUT2D eigenvalue weighted by molar-refractivity contribution is 5.93. The number of carbonyl (C=O) groups excluding carboxylic acids is 2. The molecule has 3 N–H and O–H groups in total. The van der Waals surface area contributed by atoms with Gasteiger partial charge in [0.1, 0.15) is 5.82 Å². The molecule has 15 nitrogen and oxygen atoms in total. The van der Waals surface area contributed by atoms with Gasteiger partial charge < -0.3 is 49.7 Å². The molecule has 4 aliphatic heterocycles. The molecule has 2 aromatic heterocycles. The average molecular weight is 858 g/mol. The van der Waals surface area contributed by atoms with Crippen molar-refractivity contribution in [2.45, 2.75) is 53.4 Å². The summed E-state index contributed by atoms with van der Waals surface area (Å²) in [4.78, 5) is 57.6. The van der Waals surface area contributed by atoms with Crippen molar-refractivity contribution in [1.29, 1.82) is 0 Å². The van der Waals surface area contributed by atoms with Crippen LogP contribution < -0.4 is 20.4 Å². The summed E-state index contributed by atoms with van der Waals surface area (Å²) < 4.78 is 10.9. The number of aromatic nitrogens is 2. The fourth-order valence-corrected chi connectivity index (χ4v) is 8.53. The molecular weight excluding hydrogens is 799 g/mol. The number of rotatable bonds is 9. The molecule has 0 unspecified atom stereocenters. The Labute approximate surface area is 370 Å². The minimum atomic E-state index is -1.07. The second-order valence-corrected chi connectivity index (χ2v) is 16.7. The number of urea groups is 2. The third-order valence-corrected chi connectivity index (χ3v) is 12.5. The lowest BCUT2D eigenvalue weighted by Gasteiger charge is -2.28. The number of hydrogen-bond acceptors (Lipinski definition) is 9. The summed E-state index contributed by atoms with van der Waals surface area (Å²) in [6.07, 6.45) is 4.30. The van der Waals surface area contributed by atoms with Crippen LogP contribution in [0.15, 0.2) is 60.7 Å². The van der Waals surface area contributed by atoms with E-state index in [9.17, 15) is 19.5 Å². The second-order valence-electron chi connectivity index (χ2n) is 16.7. The summed E-state index contributed by atoms with van der Waals surface area (Å²) in [6.45, 7) is 24.4. The number of carbonyl (C=O) groups is 3. The number of carboxylic acids is 1. The van der Waals surface area contributed by atoms with Gasteiger partial charge >= 0.3 is 18.0 Å². The highest BCUT2D eigenvalue weighted by Gasteiger charge is 2.27. The summed E-state index contributed by atoms with van der Waals surface area (Å²) in [6, 6.07) is 18.9. The van der Waals surface area contributed by atoms with Crippen LogP contribution in [0.4, 0.5) is 38.4 Å². The third kappa shape index (κ3) is 11.2. The smallest absolute Gasteiger partial charge is 0.354 e. The van der Waals surface area contributed by atoms with Crippen molar-refractivity contribution < 1.29 is 29.0 Å². The SMILES string of the molecule is CC[C@@H]1CCN(C(=O)Nc2ccc(C)c(-c3cc(C(=O)O)nc(N4CCOCC4)c3)c2)C1.[C-]#[N+]c1cc(-c2cc(NC(=O)N3CC[C@@H](CC)C3)ccc2C)cc(N2CCOCC2)n1. The van der Waals surface area contributed by atoms with Crippen molar-refractivity contribution in [2.24, 2.45) is 11.8 Å². The van der Waals surface area contributed by atoms with Crippen molar-refractivity contribution in [3.63, 3.8) is 0 Å². The zero-order valence-electron chi connectivity index (χ0n) is 36.9. The normalized spacial score (nSPS) is 18.7. The lowest BCUT2D eigenvalue weighted by Crippen LogP contribution is -2.37. The lowest BCUT2D eigenvalue weighted by atomic mass is 9.99. The number of aryl methyl sites for hydroxylation is 2. The lowest BCUT2D eigenvalue weighted by molar-refractivity contribution is 0.0690. The van der Waals surface area contributed by atoms with Gasteiger partial charge in [-0.1, -0.05) is 45.4 Å². The van der Waals surface area contributed by atoms with E-state index in [1.165, 1.54) is 0 Å². The number of nitrogens with zero attached hydrogens (tertiary/aromatic N) is 7. The first-order valence-corrected chi connectivity index (χ1v) is 22.2. The highest BCUT2D eigenvalue weighted by atomic mass is 16.5. The molecule has 0 aliphatic carbocycles. The van der Waals surface area contributed by atoms with Gasteiger partial charge in [-0.25, -0.2) is 19.4 Å². The summed E-state index contributed by atoms with van der Waals surface area (Å²) in [5.74, 6) is 1.89. The van der Waals surface area contributed by atoms with Crippen molar-refractivity contribution >= 4 is 46.9 Å². The predicted molar refractivity (Wildman–Crippen MR) is 246 cm³/mol. The first-order chi connectivity index (χ1) is 30.5. The fourth-order valence-electron chi connectivity index (χ4n) is 8.53. The Morgan fingerprint density at radius 2 is 1.14 bits per heavy atom. The fraction of sp³-hybridized carbons (Fsp3) is 0.458. The Balaban J connectivity index is 0.000000189. The Kier molecular flexibility index (Phi) is 14.8. The molecule has 15 heteroatoms. The van der Waals surface area contributed by atoms with Gasteiger partial charge in [0, 0.05) is 69.8 Å². The molecule has 4 amide bonds. The molecule has 0 radical (unpaired) electrons. The molecule has 8 rings (SSSR count). The summed E-state index contributed by atoms with van der Waals surface area (Å²) in [5.41, 5.74) is 7.09. The standard InChI is InChI=1S/C24H29N5O2.C24H30N4O4/c1-4-18-7-8-29(16-18)24(30)26-20-6-5-17(2)21(15-20)19-13-22(25-3)27-23(14-19)28-9-11-31-12-10-28;1-3-17-6-7-28(15-17)24(31)25-19-5-4-16(2)20(14-19)18-12-21(23(29)30)26-22(13-18)27-8-10-32-11-9-27/h5-6,13-15,18H,4,7-12,16H2,1-2H3,(H,26,30);4-5,12-14,17H,3,6-11,15H2,1-2H3,(H,25,31)(H,29,30)/t18-;17-/m11/s1. The Hall–Kier alpha value is -6.24. The number of morpholine rings is 2. The number of amides is 4. The van der Waals surface area contributed by atoms with Gasteiger partial charge in [-0.2, -0.15) is 0 Å². The quantitative estimate of drug-likeness (QED) is 0.139. The van der Waals surface area contributed by atoms with E-state index in [0.717, 1.165) is 110 Å². The summed E-state index contributed by atoms with van der Waals surface area (Å²) in [5, 5.41) is 15.7. The highest BCUT2D eigenvalue weighted by Crippen LogP contribution is 2.34.